The van der Waals surface area contributed by atoms with Gasteiger partial charge in [0, 0.05) is 24.9 Å². The number of H-pyrrole nitrogens is 1. The van der Waals surface area contributed by atoms with Gasteiger partial charge in [-0.2, -0.15) is 0 Å². The first-order valence-electron chi connectivity index (χ1n) is 10.4. The Labute approximate surface area is 195 Å². The van der Waals surface area contributed by atoms with E-state index in [-0.39, 0.29) is 37.1 Å². The fourth-order valence-electron chi connectivity index (χ4n) is 3.44. The molecule has 11 heteroatoms. The minimum Gasteiger partial charge on any atom is -0.493 e. The van der Waals surface area contributed by atoms with Gasteiger partial charge in [-0.25, -0.2) is 0 Å². The molecule has 1 aromatic heterocycles. The van der Waals surface area contributed by atoms with Crippen molar-refractivity contribution in [2.45, 2.75) is 19.4 Å². The number of aryl methyl sites for hydroxylation is 1. The van der Waals surface area contributed by atoms with Crippen molar-refractivity contribution >= 4 is 5.91 Å². The quantitative estimate of drug-likeness (QED) is 0.482. The van der Waals surface area contributed by atoms with Crippen molar-refractivity contribution in [3.8, 4) is 40.1 Å². The number of benzene rings is 2. The fraction of sp³-hybridized carbons (Fsp3) is 0.304. The van der Waals surface area contributed by atoms with Gasteiger partial charge >= 0.3 is 0 Å². The Bertz CT molecular complexity index is 1230. The van der Waals surface area contributed by atoms with Gasteiger partial charge in [-0.3, -0.25) is 9.59 Å². The van der Waals surface area contributed by atoms with Gasteiger partial charge in [-0.1, -0.05) is 6.07 Å². The third kappa shape index (κ3) is 4.87. The molecular weight excluding hydrogens is 444 g/mol. The zero-order chi connectivity index (χ0) is 24.1. The molecule has 0 spiro atoms. The summed E-state index contributed by atoms with van der Waals surface area (Å²) in [6, 6.07) is 8.79. The zero-order valence-corrected chi connectivity index (χ0v) is 19.0. The van der Waals surface area contributed by atoms with Crippen molar-refractivity contribution < 1.29 is 28.5 Å². The Balaban J connectivity index is 1.39. The normalized spacial score (nSPS) is 11.7. The molecule has 2 N–H and O–H groups in total. The Kier molecular flexibility index (Phi) is 6.81. The van der Waals surface area contributed by atoms with Crippen molar-refractivity contribution in [2.75, 3.05) is 28.1 Å². The van der Waals surface area contributed by atoms with Crippen molar-refractivity contribution in [1.29, 1.82) is 0 Å². The highest BCUT2D eigenvalue weighted by Gasteiger charge is 2.17. The molecule has 2 aromatic carbocycles. The highest BCUT2D eigenvalue weighted by atomic mass is 16.7. The van der Waals surface area contributed by atoms with E-state index in [4.69, 9.17) is 23.7 Å². The second-order valence-corrected chi connectivity index (χ2v) is 7.33. The summed E-state index contributed by atoms with van der Waals surface area (Å²) in [5.74, 6) is 2.62. The molecule has 1 aliphatic rings. The van der Waals surface area contributed by atoms with E-state index in [2.05, 4.69) is 20.5 Å². The molecule has 3 aromatic rings. The van der Waals surface area contributed by atoms with Gasteiger partial charge in [0.05, 0.1) is 21.3 Å². The summed E-state index contributed by atoms with van der Waals surface area (Å²) in [4.78, 5) is 27.5. The molecule has 0 bridgehead atoms. The van der Waals surface area contributed by atoms with E-state index in [1.807, 2.05) is 12.1 Å². The van der Waals surface area contributed by atoms with E-state index in [9.17, 15) is 9.59 Å². The third-order valence-electron chi connectivity index (χ3n) is 5.22. The van der Waals surface area contributed by atoms with Crippen LogP contribution in [0, 0.1) is 0 Å². The Hall–Kier alpha value is -4.28. The summed E-state index contributed by atoms with van der Waals surface area (Å²) in [7, 11) is 4.49. The van der Waals surface area contributed by atoms with Crippen LogP contribution in [0.2, 0.25) is 0 Å². The van der Waals surface area contributed by atoms with Crippen molar-refractivity contribution in [3.63, 3.8) is 0 Å². The lowest BCUT2D eigenvalue weighted by molar-refractivity contribution is -0.121. The van der Waals surface area contributed by atoms with Crippen LogP contribution in [0.5, 0.6) is 28.7 Å². The molecular formula is C23H24N4O7. The topological polar surface area (TPSA) is 134 Å². The maximum Gasteiger partial charge on any atom is 0.273 e. The molecule has 0 fully saturated rings. The number of rotatable bonds is 9. The summed E-state index contributed by atoms with van der Waals surface area (Å²) in [6.45, 7) is 0.524. The Morgan fingerprint density at radius 1 is 1.03 bits per heavy atom. The number of methoxy groups -OCH3 is 3. The lowest BCUT2D eigenvalue weighted by Gasteiger charge is -2.13. The molecule has 0 atom stereocenters. The summed E-state index contributed by atoms with van der Waals surface area (Å²) >= 11 is 0. The van der Waals surface area contributed by atoms with Crippen LogP contribution in [-0.2, 0) is 17.8 Å². The maximum atomic E-state index is 12.5. The molecule has 0 saturated carbocycles. The second-order valence-electron chi connectivity index (χ2n) is 7.33. The molecule has 178 valence electrons. The first-order valence-corrected chi connectivity index (χ1v) is 10.4. The number of hydrogen-bond donors (Lipinski definition) is 2. The van der Waals surface area contributed by atoms with Crippen molar-refractivity contribution in [1.82, 2.24) is 20.5 Å². The summed E-state index contributed by atoms with van der Waals surface area (Å²) in [5, 5.41) is 10.9. The predicted molar refractivity (Wildman–Crippen MR) is 120 cm³/mol. The number of nitrogens with one attached hydrogen (secondary N) is 2. The predicted octanol–water partition coefficient (Wildman–Crippen LogP) is 1.84. The average molecular weight is 468 g/mol. The van der Waals surface area contributed by atoms with E-state index in [1.54, 1.807) is 18.2 Å². The number of fused-ring (bicyclic) bond motifs is 1. The molecule has 2 heterocycles. The van der Waals surface area contributed by atoms with Gasteiger partial charge in [0.1, 0.15) is 5.69 Å². The van der Waals surface area contributed by atoms with Crippen LogP contribution >= 0.6 is 0 Å². The van der Waals surface area contributed by atoms with Crippen molar-refractivity contribution in [2.24, 2.45) is 0 Å². The van der Waals surface area contributed by atoms with Crippen LogP contribution in [0.25, 0.3) is 11.4 Å². The smallest absolute Gasteiger partial charge is 0.273 e. The van der Waals surface area contributed by atoms with E-state index in [0.717, 1.165) is 5.56 Å². The van der Waals surface area contributed by atoms with Gasteiger partial charge < -0.3 is 34.0 Å². The molecule has 0 unspecified atom stereocenters. The SMILES string of the molecule is COc1cc(-c2nnc(CCC(=O)NCc3ccc4c(c3)OCO4)c(=O)[nH]2)cc(OC)c1OC. The largest absolute Gasteiger partial charge is 0.493 e. The number of aromatic amines is 1. The molecule has 34 heavy (non-hydrogen) atoms. The van der Waals surface area contributed by atoms with Crippen LogP contribution in [-0.4, -0.2) is 49.2 Å². The van der Waals surface area contributed by atoms with Gasteiger partial charge in [-0.05, 0) is 29.8 Å². The monoisotopic (exact) mass is 468 g/mol. The highest BCUT2D eigenvalue weighted by molar-refractivity contribution is 5.76. The molecule has 4 rings (SSSR count). The van der Waals surface area contributed by atoms with E-state index >= 15 is 0 Å². The molecule has 0 aliphatic carbocycles. The van der Waals surface area contributed by atoms with Crippen LogP contribution in [0.3, 0.4) is 0 Å². The first kappa shape index (κ1) is 22.9. The van der Waals surface area contributed by atoms with Crippen LogP contribution in [0.1, 0.15) is 17.7 Å². The van der Waals surface area contributed by atoms with Gasteiger partial charge in [0.15, 0.2) is 28.8 Å². The number of ether oxygens (including phenoxy) is 5. The number of aromatic nitrogens is 3. The summed E-state index contributed by atoms with van der Waals surface area (Å²) < 4.78 is 26.6. The molecule has 1 aliphatic heterocycles. The lowest BCUT2D eigenvalue weighted by atomic mass is 10.1. The highest BCUT2D eigenvalue weighted by Crippen LogP contribution is 2.40. The van der Waals surface area contributed by atoms with Crippen LogP contribution in [0.4, 0.5) is 0 Å². The minimum absolute atomic E-state index is 0.0891. The van der Waals surface area contributed by atoms with Crippen molar-refractivity contribution in [3.05, 3.63) is 51.9 Å². The summed E-state index contributed by atoms with van der Waals surface area (Å²) in [5.41, 5.74) is 1.15. The Morgan fingerprint density at radius 2 is 1.76 bits per heavy atom. The average Bonchev–Trinajstić information content (AvgIpc) is 3.33. The fourth-order valence-corrected chi connectivity index (χ4v) is 3.44. The standard InChI is InChI=1S/C23H24N4O7/c1-30-18-9-14(10-19(31-2)21(18)32-3)22-25-23(29)15(26-27-22)5-7-20(28)24-11-13-4-6-16-17(8-13)34-12-33-16/h4,6,8-10H,5,7,11-12H2,1-3H3,(H,24,28)(H,25,27,29). The van der Waals surface area contributed by atoms with Crippen LogP contribution < -0.4 is 34.6 Å². The van der Waals surface area contributed by atoms with E-state index in [1.165, 1.54) is 21.3 Å². The number of nitrogens with zero attached hydrogens (tertiary/aromatic N) is 2. The lowest BCUT2D eigenvalue weighted by Crippen LogP contribution is -2.25. The van der Waals surface area contributed by atoms with E-state index in [0.29, 0.717) is 40.9 Å². The van der Waals surface area contributed by atoms with Gasteiger partial charge in [-0.15, -0.1) is 10.2 Å². The van der Waals surface area contributed by atoms with Crippen LogP contribution in [0.15, 0.2) is 35.1 Å². The number of carbonyl (C=O) groups excluding carboxylic acids is 1. The number of carbonyl (C=O) groups is 1. The third-order valence-corrected chi connectivity index (χ3v) is 5.22. The molecule has 0 saturated heterocycles. The second kappa shape index (κ2) is 10.1. The number of amides is 1. The molecule has 11 nitrogen and oxygen atoms in total. The Morgan fingerprint density at radius 3 is 2.44 bits per heavy atom. The zero-order valence-electron chi connectivity index (χ0n) is 19.0. The minimum atomic E-state index is -0.428. The van der Waals surface area contributed by atoms with Gasteiger partial charge in [0.25, 0.3) is 5.56 Å². The van der Waals surface area contributed by atoms with E-state index < -0.39 is 5.56 Å². The summed E-state index contributed by atoms with van der Waals surface area (Å²) in [6.07, 6.45) is 0.233. The maximum absolute atomic E-state index is 12.5. The van der Waals surface area contributed by atoms with Gasteiger partial charge in [0.2, 0.25) is 18.4 Å². The number of hydrogen-bond acceptors (Lipinski definition) is 9. The molecule has 1 amide bonds. The first-order chi connectivity index (χ1) is 16.5. The molecule has 0 radical (unpaired) electrons.